The molecule has 0 amide bonds. The largest absolute Gasteiger partial charge is 0.417 e. The van der Waals surface area contributed by atoms with Gasteiger partial charge < -0.3 is 4.43 Å². The Kier molecular flexibility index (Phi) is 6.57. The Balaban J connectivity index is 3.68. The summed E-state index contributed by atoms with van der Waals surface area (Å²) < 4.78 is 5.80. The lowest BCUT2D eigenvalue weighted by Gasteiger charge is -2.24. The maximum Gasteiger partial charge on any atom is 0.189 e. The van der Waals surface area contributed by atoms with Gasteiger partial charge in [0.15, 0.2) is 8.32 Å². The molecular formula is C8H19BrOSi. The minimum Gasteiger partial charge on any atom is -0.417 e. The van der Waals surface area contributed by atoms with Gasteiger partial charge in [-0.3, -0.25) is 0 Å². The van der Waals surface area contributed by atoms with E-state index in [4.69, 9.17) is 4.43 Å². The van der Waals surface area contributed by atoms with Crippen molar-refractivity contribution in [2.75, 3.05) is 11.9 Å². The highest BCUT2D eigenvalue weighted by atomic mass is 79.9. The molecule has 0 saturated heterocycles. The van der Waals surface area contributed by atoms with E-state index in [2.05, 4.69) is 36.3 Å². The zero-order valence-electron chi connectivity index (χ0n) is 7.82. The molecule has 0 fully saturated rings. The predicted molar refractivity (Wildman–Crippen MR) is 56.9 cm³/mol. The first kappa shape index (κ1) is 11.7. The number of alkyl halides is 1. The predicted octanol–water partition coefficient (Wildman–Crippen LogP) is 3.40. The second-order valence-corrected chi connectivity index (χ2v) is 8.22. The van der Waals surface area contributed by atoms with Crippen LogP contribution in [0.1, 0.15) is 20.3 Å². The molecule has 0 spiro atoms. The topological polar surface area (TPSA) is 9.23 Å². The molecular weight excluding hydrogens is 220 g/mol. The lowest BCUT2D eigenvalue weighted by molar-refractivity contribution is 0.324. The summed E-state index contributed by atoms with van der Waals surface area (Å²) >= 11 is 3.45. The minimum absolute atomic E-state index is 0.888. The Labute approximate surface area is 79.8 Å². The molecule has 0 radical (unpaired) electrons. The van der Waals surface area contributed by atoms with Gasteiger partial charge in [-0.25, -0.2) is 0 Å². The van der Waals surface area contributed by atoms with E-state index in [1.165, 1.54) is 18.5 Å². The third-order valence-corrected chi connectivity index (χ3v) is 6.53. The van der Waals surface area contributed by atoms with Gasteiger partial charge in [0.2, 0.25) is 0 Å². The third kappa shape index (κ3) is 4.99. The molecule has 0 aliphatic rings. The Hall–Kier alpha value is 0.657. The zero-order valence-corrected chi connectivity index (χ0v) is 10.4. The van der Waals surface area contributed by atoms with Gasteiger partial charge in [-0.1, -0.05) is 22.9 Å². The SMILES string of the molecule is CCO[Si](C)(CC)CCCBr. The van der Waals surface area contributed by atoms with Crippen molar-refractivity contribution in [3.63, 3.8) is 0 Å². The Bertz CT molecular complexity index is 100. The van der Waals surface area contributed by atoms with Crippen LogP contribution >= 0.6 is 15.9 Å². The van der Waals surface area contributed by atoms with Crippen molar-refractivity contribution in [3.8, 4) is 0 Å². The Morgan fingerprint density at radius 3 is 2.36 bits per heavy atom. The van der Waals surface area contributed by atoms with Crippen molar-refractivity contribution in [2.24, 2.45) is 0 Å². The van der Waals surface area contributed by atoms with Crippen LogP contribution in [0.3, 0.4) is 0 Å². The molecule has 1 atom stereocenters. The molecule has 0 aromatic carbocycles. The van der Waals surface area contributed by atoms with Crippen molar-refractivity contribution < 1.29 is 4.43 Å². The van der Waals surface area contributed by atoms with Crippen molar-refractivity contribution >= 4 is 24.2 Å². The van der Waals surface area contributed by atoms with Gasteiger partial charge >= 0.3 is 0 Å². The highest BCUT2D eigenvalue weighted by Crippen LogP contribution is 2.19. The molecule has 0 N–H and O–H groups in total. The van der Waals surface area contributed by atoms with Gasteiger partial charge in [0.1, 0.15) is 0 Å². The van der Waals surface area contributed by atoms with Crippen molar-refractivity contribution in [2.45, 2.75) is 38.9 Å². The lowest BCUT2D eigenvalue weighted by atomic mass is 10.6. The summed E-state index contributed by atoms with van der Waals surface area (Å²) in [4.78, 5) is 0. The van der Waals surface area contributed by atoms with Crippen LogP contribution in [-0.2, 0) is 4.43 Å². The van der Waals surface area contributed by atoms with Crippen molar-refractivity contribution in [1.29, 1.82) is 0 Å². The second kappa shape index (κ2) is 6.20. The molecule has 0 aliphatic heterocycles. The highest BCUT2D eigenvalue weighted by molar-refractivity contribution is 9.09. The maximum absolute atomic E-state index is 5.80. The van der Waals surface area contributed by atoms with Crippen LogP contribution in [0.25, 0.3) is 0 Å². The Morgan fingerprint density at radius 1 is 1.36 bits per heavy atom. The minimum atomic E-state index is -1.27. The summed E-state index contributed by atoms with van der Waals surface area (Å²) in [5.74, 6) is 0. The molecule has 0 aliphatic carbocycles. The van der Waals surface area contributed by atoms with Gasteiger partial charge in [0, 0.05) is 11.9 Å². The maximum atomic E-state index is 5.80. The molecule has 0 aromatic rings. The molecule has 0 aromatic heterocycles. The summed E-state index contributed by atoms with van der Waals surface area (Å²) in [5.41, 5.74) is 0. The van der Waals surface area contributed by atoms with E-state index in [1.54, 1.807) is 0 Å². The summed E-state index contributed by atoms with van der Waals surface area (Å²) in [6, 6.07) is 2.54. The molecule has 0 rings (SSSR count). The second-order valence-electron chi connectivity index (χ2n) is 3.03. The van der Waals surface area contributed by atoms with E-state index in [1.807, 2.05) is 0 Å². The van der Waals surface area contributed by atoms with Crippen molar-refractivity contribution in [1.82, 2.24) is 0 Å². The van der Waals surface area contributed by atoms with Crippen LogP contribution < -0.4 is 0 Å². The van der Waals surface area contributed by atoms with E-state index >= 15 is 0 Å². The normalized spacial score (nSPS) is 16.4. The first-order chi connectivity index (χ1) is 5.18. The molecule has 0 bridgehead atoms. The summed E-state index contributed by atoms with van der Waals surface area (Å²) in [6.45, 7) is 7.56. The number of hydrogen-bond donors (Lipinski definition) is 0. The number of hydrogen-bond acceptors (Lipinski definition) is 1. The average molecular weight is 239 g/mol. The fourth-order valence-electron chi connectivity index (χ4n) is 1.14. The van der Waals surface area contributed by atoms with Gasteiger partial charge in [-0.15, -0.1) is 0 Å². The van der Waals surface area contributed by atoms with E-state index in [9.17, 15) is 0 Å². The first-order valence-electron chi connectivity index (χ1n) is 4.38. The number of rotatable bonds is 6. The molecule has 3 heteroatoms. The smallest absolute Gasteiger partial charge is 0.189 e. The Morgan fingerprint density at radius 2 is 2.00 bits per heavy atom. The molecule has 0 saturated carbocycles. The van der Waals surface area contributed by atoms with E-state index < -0.39 is 8.32 Å². The van der Waals surface area contributed by atoms with Gasteiger partial charge in [0.05, 0.1) is 0 Å². The van der Waals surface area contributed by atoms with Crippen LogP contribution in [0, 0.1) is 0 Å². The summed E-state index contributed by atoms with van der Waals surface area (Å²) in [7, 11) is -1.27. The van der Waals surface area contributed by atoms with Crippen LogP contribution in [0.5, 0.6) is 0 Å². The summed E-state index contributed by atoms with van der Waals surface area (Å²) in [6.07, 6.45) is 1.26. The number of halogens is 1. The quantitative estimate of drug-likeness (QED) is 0.510. The molecule has 0 heterocycles. The highest BCUT2D eigenvalue weighted by Gasteiger charge is 2.24. The van der Waals surface area contributed by atoms with Gasteiger partial charge in [-0.05, 0) is 32.0 Å². The van der Waals surface area contributed by atoms with E-state index in [0.717, 1.165) is 11.9 Å². The monoisotopic (exact) mass is 238 g/mol. The zero-order chi connectivity index (χ0) is 8.74. The van der Waals surface area contributed by atoms with E-state index in [0.29, 0.717) is 0 Å². The van der Waals surface area contributed by atoms with Crippen LogP contribution in [0.2, 0.25) is 18.6 Å². The van der Waals surface area contributed by atoms with Crippen LogP contribution in [0.4, 0.5) is 0 Å². The van der Waals surface area contributed by atoms with E-state index in [-0.39, 0.29) is 0 Å². The van der Waals surface area contributed by atoms with Crippen molar-refractivity contribution in [3.05, 3.63) is 0 Å². The van der Waals surface area contributed by atoms with Crippen LogP contribution in [0.15, 0.2) is 0 Å². The fourth-order valence-corrected chi connectivity index (χ4v) is 4.26. The first-order valence-corrected chi connectivity index (χ1v) is 8.33. The van der Waals surface area contributed by atoms with Gasteiger partial charge in [0.25, 0.3) is 0 Å². The molecule has 1 unspecified atom stereocenters. The third-order valence-electron chi connectivity index (χ3n) is 2.08. The van der Waals surface area contributed by atoms with Gasteiger partial charge in [-0.2, -0.15) is 0 Å². The lowest BCUT2D eigenvalue weighted by Crippen LogP contribution is -2.33. The average Bonchev–Trinajstić information content (AvgIpc) is 2.02. The molecule has 1 nitrogen and oxygen atoms in total. The molecule has 68 valence electrons. The molecule has 11 heavy (non-hydrogen) atoms. The standard InChI is InChI=1S/C8H19BrOSi/c1-4-10-11(3,5-2)8-6-7-9/h4-8H2,1-3H3. The summed E-state index contributed by atoms with van der Waals surface area (Å²) in [5, 5.41) is 1.11. The fraction of sp³-hybridized carbons (Fsp3) is 1.00. The van der Waals surface area contributed by atoms with Crippen LogP contribution in [-0.4, -0.2) is 20.3 Å².